The van der Waals surface area contributed by atoms with Gasteiger partial charge in [-0.05, 0) is 37.3 Å². The summed E-state index contributed by atoms with van der Waals surface area (Å²) in [6.45, 7) is 5.02. The number of urea groups is 1. The summed E-state index contributed by atoms with van der Waals surface area (Å²) >= 11 is 0. The van der Waals surface area contributed by atoms with Crippen molar-refractivity contribution in [3.05, 3.63) is 54.1 Å². The number of carbonyl (C=O) groups is 2. The van der Waals surface area contributed by atoms with Gasteiger partial charge in [-0.1, -0.05) is 18.2 Å². The first-order valence-corrected chi connectivity index (χ1v) is 9.90. The number of anilines is 2. The van der Waals surface area contributed by atoms with Crippen LogP contribution in [0.25, 0.3) is 0 Å². The van der Waals surface area contributed by atoms with Gasteiger partial charge in [-0.3, -0.25) is 4.79 Å². The Balaban J connectivity index is 1.46. The Morgan fingerprint density at radius 1 is 1.10 bits per heavy atom. The SMILES string of the molecule is CCOc1ccccc1N1CCN(C(=O)CNC(=O)Nc2cccc(C#N)c2)CC1. The van der Waals surface area contributed by atoms with Gasteiger partial charge in [-0.2, -0.15) is 5.26 Å². The number of hydrogen-bond acceptors (Lipinski definition) is 5. The Bertz CT molecular complexity index is 932. The highest BCUT2D eigenvalue weighted by atomic mass is 16.5. The molecular weight excluding hydrogens is 382 g/mol. The molecule has 3 rings (SSSR count). The lowest BCUT2D eigenvalue weighted by atomic mass is 10.2. The molecule has 1 fully saturated rings. The maximum absolute atomic E-state index is 12.5. The first-order valence-electron chi connectivity index (χ1n) is 9.90. The Labute approximate surface area is 176 Å². The minimum absolute atomic E-state index is 0.0840. The second-order valence-electron chi connectivity index (χ2n) is 6.77. The van der Waals surface area contributed by atoms with Crippen LogP contribution in [-0.2, 0) is 4.79 Å². The maximum Gasteiger partial charge on any atom is 0.319 e. The molecule has 156 valence electrons. The van der Waals surface area contributed by atoms with Crippen molar-refractivity contribution in [1.82, 2.24) is 10.2 Å². The number of nitriles is 1. The topological polar surface area (TPSA) is 97.7 Å². The quantitative estimate of drug-likeness (QED) is 0.766. The van der Waals surface area contributed by atoms with E-state index in [9.17, 15) is 9.59 Å². The van der Waals surface area contributed by atoms with Crippen LogP contribution < -0.4 is 20.3 Å². The maximum atomic E-state index is 12.5. The van der Waals surface area contributed by atoms with Gasteiger partial charge < -0.3 is 25.2 Å². The Morgan fingerprint density at radius 3 is 2.60 bits per heavy atom. The molecule has 2 N–H and O–H groups in total. The van der Waals surface area contributed by atoms with Crippen LogP contribution in [0.3, 0.4) is 0 Å². The zero-order chi connectivity index (χ0) is 21.3. The van der Waals surface area contributed by atoms with E-state index >= 15 is 0 Å². The van der Waals surface area contributed by atoms with E-state index in [1.54, 1.807) is 29.2 Å². The largest absolute Gasteiger partial charge is 0.492 e. The van der Waals surface area contributed by atoms with Crippen LogP contribution in [0.15, 0.2) is 48.5 Å². The highest BCUT2D eigenvalue weighted by molar-refractivity contribution is 5.92. The van der Waals surface area contributed by atoms with Gasteiger partial charge in [0.2, 0.25) is 5.91 Å². The molecular formula is C22H25N5O3. The van der Waals surface area contributed by atoms with Gasteiger partial charge in [0, 0.05) is 31.9 Å². The number of carbonyl (C=O) groups excluding carboxylic acids is 2. The normalized spacial score (nSPS) is 13.3. The average Bonchev–Trinajstić information content (AvgIpc) is 2.78. The summed E-state index contributed by atoms with van der Waals surface area (Å²) in [5.74, 6) is 0.715. The number of piperazine rings is 1. The number of nitrogens with one attached hydrogen (secondary N) is 2. The van der Waals surface area contributed by atoms with Crippen molar-refractivity contribution >= 4 is 23.3 Å². The molecule has 1 heterocycles. The summed E-state index contributed by atoms with van der Waals surface area (Å²) < 4.78 is 5.70. The van der Waals surface area contributed by atoms with Crippen molar-refractivity contribution in [2.24, 2.45) is 0 Å². The van der Waals surface area contributed by atoms with E-state index in [2.05, 4.69) is 15.5 Å². The lowest BCUT2D eigenvalue weighted by Gasteiger charge is -2.36. The zero-order valence-corrected chi connectivity index (χ0v) is 16.9. The van der Waals surface area contributed by atoms with E-state index in [-0.39, 0.29) is 12.5 Å². The lowest BCUT2D eigenvalue weighted by Crippen LogP contribution is -2.51. The van der Waals surface area contributed by atoms with Crippen LogP contribution in [0.5, 0.6) is 5.75 Å². The number of rotatable bonds is 6. The molecule has 0 atom stereocenters. The molecule has 0 radical (unpaired) electrons. The average molecular weight is 407 g/mol. The molecule has 0 saturated carbocycles. The molecule has 0 aromatic heterocycles. The van der Waals surface area contributed by atoms with Crippen molar-refractivity contribution in [3.8, 4) is 11.8 Å². The predicted octanol–water partition coefficient (Wildman–Crippen LogP) is 2.43. The van der Waals surface area contributed by atoms with Gasteiger partial charge in [-0.25, -0.2) is 4.79 Å². The molecule has 30 heavy (non-hydrogen) atoms. The first kappa shape index (κ1) is 21.0. The highest BCUT2D eigenvalue weighted by Gasteiger charge is 2.23. The van der Waals surface area contributed by atoms with Crippen LogP contribution in [-0.4, -0.2) is 56.2 Å². The number of amides is 3. The number of benzene rings is 2. The minimum atomic E-state index is -0.484. The first-order chi connectivity index (χ1) is 14.6. The molecule has 0 bridgehead atoms. The molecule has 0 spiro atoms. The van der Waals surface area contributed by atoms with E-state index < -0.39 is 6.03 Å². The number of ether oxygens (including phenoxy) is 1. The number of nitrogens with zero attached hydrogens (tertiary/aromatic N) is 3. The third-order valence-electron chi connectivity index (χ3n) is 4.79. The summed E-state index contributed by atoms with van der Waals surface area (Å²) in [6, 6.07) is 16.0. The third kappa shape index (κ3) is 5.41. The molecule has 8 nitrogen and oxygen atoms in total. The third-order valence-corrected chi connectivity index (χ3v) is 4.79. The van der Waals surface area contributed by atoms with Gasteiger partial charge in [0.25, 0.3) is 0 Å². The van der Waals surface area contributed by atoms with Crippen molar-refractivity contribution in [1.29, 1.82) is 5.26 Å². The molecule has 2 aromatic carbocycles. The Kier molecular flexibility index (Phi) is 7.11. The predicted molar refractivity (Wildman–Crippen MR) is 115 cm³/mol. The summed E-state index contributed by atoms with van der Waals surface area (Å²) in [4.78, 5) is 28.5. The van der Waals surface area contributed by atoms with Gasteiger partial charge in [0.05, 0.1) is 30.5 Å². The van der Waals surface area contributed by atoms with Gasteiger partial charge in [0.15, 0.2) is 0 Å². The van der Waals surface area contributed by atoms with Gasteiger partial charge in [-0.15, -0.1) is 0 Å². The van der Waals surface area contributed by atoms with E-state index in [1.165, 1.54) is 0 Å². The van der Waals surface area contributed by atoms with Crippen LogP contribution in [0.1, 0.15) is 12.5 Å². The molecule has 1 aliphatic heterocycles. The fourth-order valence-corrected chi connectivity index (χ4v) is 3.30. The summed E-state index contributed by atoms with van der Waals surface area (Å²) in [6.07, 6.45) is 0. The monoisotopic (exact) mass is 407 g/mol. The molecule has 8 heteroatoms. The van der Waals surface area contributed by atoms with Crippen molar-refractivity contribution in [3.63, 3.8) is 0 Å². The molecule has 1 aliphatic rings. The highest BCUT2D eigenvalue weighted by Crippen LogP contribution is 2.28. The molecule has 1 saturated heterocycles. The lowest BCUT2D eigenvalue weighted by molar-refractivity contribution is -0.130. The Morgan fingerprint density at radius 2 is 1.87 bits per heavy atom. The van der Waals surface area contributed by atoms with E-state index in [0.717, 1.165) is 11.4 Å². The van der Waals surface area contributed by atoms with Crippen LogP contribution in [0.2, 0.25) is 0 Å². The van der Waals surface area contributed by atoms with Crippen molar-refractivity contribution in [2.45, 2.75) is 6.92 Å². The second-order valence-corrected chi connectivity index (χ2v) is 6.77. The number of para-hydroxylation sites is 2. The van der Waals surface area contributed by atoms with Crippen LogP contribution in [0, 0.1) is 11.3 Å². The van der Waals surface area contributed by atoms with Crippen molar-refractivity contribution < 1.29 is 14.3 Å². The Hall–Kier alpha value is -3.73. The smallest absolute Gasteiger partial charge is 0.319 e. The zero-order valence-electron chi connectivity index (χ0n) is 16.9. The van der Waals surface area contributed by atoms with E-state index in [1.807, 2.05) is 37.3 Å². The molecule has 0 unspecified atom stereocenters. The number of hydrogen-bond donors (Lipinski definition) is 2. The molecule has 2 aromatic rings. The summed E-state index contributed by atoms with van der Waals surface area (Å²) in [5, 5.41) is 14.1. The van der Waals surface area contributed by atoms with E-state index in [4.69, 9.17) is 10.00 Å². The van der Waals surface area contributed by atoms with Gasteiger partial charge >= 0.3 is 6.03 Å². The second kappa shape index (κ2) is 10.2. The minimum Gasteiger partial charge on any atom is -0.492 e. The molecule has 0 aliphatic carbocycles. The standard InChI is InChI=1S/C22H25N5O3/c1-2-30-20-9-4-3-8-19(20)26-10-12-27(13-11-26)21(28)16-24-22(29)25-18-7-5-6-17(14-18)15-23/h3-9,14H,2,10-13,16H2,1H3,(H2,24,25,29). The summed E-state index contributed by atoms with van der Waals surface area (Å²) in [7, 11) is 0. The molecule has 3 amide bonds. The summed E-state index contributed by atoms with van der Waals surface area (Å²) in [5.41, 5.74) is 1.98. The van der Waals surface area contributed by atoms with Gasteiger partial charge in [0.1, 0.15) is 5.75 Å². The van der Waals surface area contributed by atoms with Crippen molar-refractivity contribution in [2.75, 3.05) is 49.5 Å². The fourth-order valence-electron chi connectivity index (χ4n) is 3.30. The van der Waals surface area contributed by atoms with Crippen LogP contribution in [0.4, 0.5) is 16.2 Å². The van der Waals surface area contributed by atoms with E-state index in [0.29, 0.717) is 44.0 Å². The van der Waals surface area contributed by atoms with Crippen LogP contribution >= 0.6 is 0 Å². The fraction of sp³-hybridized carbons (Fsp3) is 0.318.